The Morgan fingerprint density at radius 1 is 1.11 bits per heavy atom. The predicted octanol–water partition coefficient (Wildman–Crippen LogP) is 3.58. The van der Waals surface area contributed by atoms with Crippen molar-refractivity contribution in [3.05, 3.63) is 59.4 Å². The second kappa shape index (κ2) is 10.1. The number of nitrogens with one attached hydrogen (secondary N) is 1. The van der Waals surface area contributed by atoms with Gasteiger partial charge in [-0.1, -0.05) is 50.5 Å². The van der Waals surface area contributed by atoms with Crippen LogP contribution in [0.2, 0.25) is 0 Å². The van der Waals surface area contributed by atoms with Crippen molar-refractivity contribution in [1.29, 1.82) is 0 Å². The van der Waals surface area contributed by atoms with Crippen LogP contribution in [0.5, 0.6) is 0 Å². The van der Waals surface area contributed by atoms with E-state index in [1.807, 2.05) is 0 Å². The fraction of sp³-hybridized carbons (Fsp3) is 0.583. The number of hydrogen-bond donors (Lipinski definition) is 2. The second-order valence-electron chi connectivity index (χ2n) is 8.46. The summed E-state index contributed by atoms with van der Waals surface area (Å²) in [5.74, 6) is 0.831. The number of quaternary nitrogens is 1. The Balaban J connectivity index is 1.69. The van der Waals surface area contributed by atoms with E-state index in [-0.39, 0.29) is 6.10 Å². The molecule has 0 saturated heterocycles. The summed E-state index contributed by atoms with van der Waals surface area (Å²) in [6.07, 6.45) is 9.78. The zero-order chi connectivity index (χ0) is 19.1. The summed E-state index contributed by atoms with van der Waals surface area (Å²) < 4.78 is 2.39. The molecular formula is C24H37N2O+. The van der Waals surface area contributed by atoms with Gasteiger partial charge in [-0.25, -0.2) is 0 Å². The van der Waals surface area contributed by atoms with Crippen molar-refractivity contribution >= 4 is 0 Å². The van der Waals surface area contributed by atoms with Gasteiger partial charge in [-0.15, -0.1) is 0 Å². The average molecular weight is 370 g/mol. The van der Waals surface area contributed by atoms with Gasteiger partial charge in [0.25, 0.3) is 0 Å². The first-order valence-electron chi connectivity index (χ1n) is 10.9. The Bertz CT molecular complexity index is 687. The molecule has 3 heteroatoms. The summed E-state index contributed by atoms with van der Waals surface area (Å²) in [5.41, 5.74) is 4.12. The molecular weight excluding hydrogens is 332 g/mol. The fourth-order valence-electron chi connectivity index (χ4n) is 4.50. The first-order chi connectivity index (χ1) is 13.2. The van der Waals surface area contributed by atoms with E-state index in [1.54, 1.807) is 4.90 Å². The molecule has 1 heterocycles. The normalized spacial score (nSPS) is 17.7. The minimum Gasteiger partial charge on any atom is -0.387 e. The van der Waals surface area contributed by atoms with Crippen LogP contribution in [0.3, 0.4) is 0 Å². The highest BCUT2D eigenvalue weighted by Crippen LogP contribution is 2.22. The van der Waals surface area contributed by atoms with Gasteiger partial charge in [-0.3, -0.25) is 0 Å². The quantitative estimate of drug-likeness (QED) is 0.695. The molecule has 2 atom stereocenters. The average Bonchev–Trinajstić information content (AvgIpc) is 3.11. The lowest BCUT2D eigenvalue weighted by Gasteiger charge is -2.29. The molecule has 1 saturated carbocycles. The number of nitrogens with zero attached hydrogens (tertiary/aromatic N) is 1. The van der Waals surface area contributed by atoms with Crippen LogP contribution < -0.4 is 4.90 Å². The highest BCUT2D eigenvalue weighted by Gasteiger charge is 2.23. The van der Waals surface area contributed by atoms with Crippen LogP contribution in [0.15, 0.2) is 42.6 Å². The van der Waals surface area contributed by atoms with Crippen LogP contribution in [-0.4, -0.2) is 28.9 Å². The topological polar surface area (TPSA) is 29.6 Å². The van der Waals surface area contributed by atoms with Gasteiger partial charge in [0.15, 0.2) is 0 Å². The number of aliphatic hydroxyl groups is 1. The van der Waals surface area contributed by atoms with E-state index in [0.717, 1.165) is 32.0 Å². The molecule has 1 unspecified atom stereocenters. The maximum absolute atomic E-state index is 10.3. The summed E-state index contributed by atoms with van der Waals surface area (Å²) in [6.45, 7) is 8.28. The Morgan fingerprint density at radius 3 is 2.63 bits per heavy atom. The summed E-state index contributed by atoms with van der Waals surface area (Å²) in [5, 5.41) is 10.3. The molecule has 27 heavy (non-hydrogen) atoms. The molecule has 0 amide bonds. The van der Waals surface area contributed by atoms with Crippen molar-refractivity contribution in [2.75, 3.05) is 13.1 Å². The summed E-state index contributed by atoms with van der Waals surface area (Å²) in [6, 6.07) is 13.1. The number of aryl methyl sites for hydroxylation is 1. The summed E-state index contributed by atoms with van der Waals surface area (Å²) in [7, 11) is 0. The highest BCUT2D eigenvalue weighted by atomic mass is 16.3. The van der Waals surface area contributed by atoms with Crippen molar-refractivity contribution in [2.24, 2.45) is 5.92 Å². The number of aromatic nitrogens is 1. The summed E-state index contributed by atoms with van der Waals surface area (Å²) >= 11 is 0. The maximum Gasteiger partial charge on any atom is 0.118 e. The van der Waals surface area contributed by atoms with E-state index in [0.29, 0.717) is 0 Å². The molecule has 1 aliphatic rings. The fourth-order valence-corrected chi connectivity index (χ4v) is 4.50. The molecule has 1 aliphatic carbocycles. The molecule has 2 N–H and O–H groups in total. The Labute approximate surface area is 165 Å². The number of aliphatic hydroxyl groups excluding tert-OH is 1. The zero-order valence-electron chi connectivity index (χ0n) is 17.2. The molecule has 0 aliphatic heterocycles. The lowest BCUT2D eigenvalue weighted by molar-refractivity contribution is -0.920. The molecule has 1 fully saturated rings. The van der Waals surface area contributed by atoms with E-state index in [4.69, 9.17) is 0 Å². The van der Waals surface area contributed by atoms with Gasteiger partial charge in [0, 0.05) is 18.7 Å². The van der Waals surface area contributed by atoms with Crippen LogP contribution in [0.25, 0.3) is 0 Å². The van der Waals surface area contributed by atoms with Gasteiger partial charge in [-0.2, -0.15) is 0 Å². The van der Waals surface area contributed by atoms with E-state index < -0.39 is 0 Å². The summed E-state index contributed by atoms with van der Waals surface area (Å²) in [4.78, 5) is 1.54. The van der Waals surface area contributed by atoms with Gasteiger partial charge < -0.3 is 14.6 Å². The van der Waals surface area contributed by atoms with Crippen LogP contribution in [0.1, 0.15) is 62.3 Å². The van der Waals surface area contributed by atoms with E-state index >= 15 is 0 Å². The third-order valence-corrected chi connectivity index (χ3v) is 6.25. The molecule has 148 valence electrons. The molecule has 1 aromatic heterocycles. The van der Waals surface area contributed by atoms with Crippen molar-refractivity contribution in [1.82, 2.24) is 4.57 Å². The zero-order valence-corrected chi connectivity index (χ0v) is 17.2. The van der Waals surface area contributed by atoms with E-state index in [1.165, 1.54) is 55.5 Å². The van der Waals surface area contributed by atoms with Crippen molar-refractivity contribution in [3.63, 3.8) is 0 Å². The Kier molecular flexibility index (Phi) is 7.54. The largest absolute Gasteiger partial charge is 0.387 e. The van der Waals surface area contributed by atoms with E-state index in [2.05, 4.69) is 61.0 Å². The van der Waals surface area contributed by atoms with Crippen molar-refractivity contribution in [2.45, 2.75) is 71.6 Å². The number of hydrogen-bond acceptors (Lipinski definition) is 1. The van der Waals surface area contributed by atoms with Crippen LogP contribution >= 0.6 is 0 Å². The molecule has 0 spiro atoms. The molecule has 2 aromatic rings. The lowest BCUT2D eigenvalue weighted by atomic mass is 9.89. The predicted molar refractivity (Wildman–Crippen MR) is 112 cm³/mol. The third-order valence-electron chi connectivity index (χ3n) is 6.25. The van der Waals surface area contributed by atoms with E-state index in [9.17, 15) is 5.11 Å². The Morgan fingerprint density at radius 2 is 1.89 bits per heavy atom. The number of rotatable bonds is 9. The van der Waals surface area contributed by atoms with Crippen LogP contribution in [0.4, 0.5) is 0 Å². The Hall–Kier alpha value is -1.58. The first-order valence-corrected chi connectivity index (χ1v) is 10.9. The monoisotopic (exact) mass is 369 g/mol. The SMILES string of the molecule is CC[C@H](O)C[NH+](Cc1cccn1Cc1ccccc1C)CC1CCCCC1. The van der Waals surface area contributed by atoms with Gasteiger partial charge >= 0.3 is 0 Å². The second-order valence-corrected chi connectivity index (χ2v) is 8.46. The smallest absolute Gasteiger partial charge is 0.118 e. The molecule has 1 aromatic carbocycles. The maximum atomic E-state index is 10.3. The van der Waals surface area contributed by atoms with Gasteiger partial charge in [0.05, 0.1) is 12.2 Å². The van der Waals surface area contributed by atoms with Gasteiger partial charge in [0.2, 0.25) is 0 Å². The minimum atomic E-state index is -0.191. The molecule has 0 bridgehead atoms. The molecule has 3 nitrogen and oxygen atoms in total. The third kappa shape index (κ3) is 5.95. The molecule has 0 radical (unpaired) electrons. The minimum absolute atomic E-state index is 0.191. The van der Waals surface area contributed by atoms with Crippen molar-refractivity contribution < 1.29 is 10.0 Å². The van der Waals surface area contributed by atoms with Crippen LogP contribution in [-0.2, 0) is 13.1 Å². The standard InChI is InChI=1S/C24H36N2O/c1-3-24(27)19-25(16-21-11-5-4-6-12-21)18-23-14-9-15-26(23)17-22-13-8-7-10-20(22)2/h7-10,13-15,21,24,27H,3-6,11-12,16-19H2,1-2H3/p+1/t24-/m0/s1. The van der Waals surface area contributed by atoms with Crippen molar-refractivity contribution in [3.8, 4) is 0 Å². The highest BCUT2D eigenvalue weighted by molar-refractivity contribution is 5.26. The lowest BCUT2D eigenvalue weighted by Crippen LogP contribution is -3.12. The van der Waals surface area contributed by atoms with Gasteiger partial charge in [-0.05, 0) is 49.4 Å². The first kappa shape index (κ1) is 20.2. The molecule has 3 rings (SSSR count). The van der Waals surface area contributed by atoms with Gasteiger partial charge in [0.1, 0.15) is 19.2 Å². The number of benzene rings is 1. The van der Waals surface area contributed by atoms with Crippen LogP contribution in [0, 0.1) is 12.8 Å².